The van der Waals surface area contributed by atoms with Crippen LogP contribution in [0.2, 0.25) is 0 Å². The number of benzene rings is 1. The Kier molecular flexibility index (Phi) is 4.76. The lowest BCUT2D eigenvalue weighted by molar-refractivity contribution is 0.0903. The van der Waals surface area contributed by atoms with Crippen LogP contribution in [0.5, 0.6) is 0 Å². The number of hydrogen-bond donors (Lipinski definition) is 2. The third kappa shape index (κ3) is 3.50. The summed E-state index contributed by atoms with van der Waals surface area (Å²) in [4.78, 5) is 16.4. The van der Waals surface area contributed by atoms with Crippen molar-refractivity contribution >= 4 is 22.8 Å². The lowest BCUT2D eigenvalue weighted by Gasteiger charge is -2.28. The van der Waals surface area contributed by atoms with Gasteiger partial charge in [-0.2, -0.15) is 20.1 Å². The van der Waals surface area contributed by atoms with Gasteiger partial charge >= 0.3 is 0 Å². The molecule has 2 aliphatic rings. The maximum Gasteiger partial charge on any atom is 0.230 e. The minimum Gasteiger partial charge on any atom is -0.381 e. The molecule has 1 aromatic carbocycles. The van der Waals surface area contributed by atoms with Crippen molar-refractivity contribution in [3.63, 3.8) is 0 Å². The molecule has 0 unspecified atom stereocenters. The van der Waals surface area contributed by atoms with Crippen LogP contribution in [-0.4, -0.2) is 70.7 Å². The van der Waals surface area contributed by atoms with Crippen molar-refractivity contribution in [3.8, 4) is 11.4 Å². The van der Waals surface area contributed by atoms with Gasteiger partial charge in [0.2, 0.25) is 11.9 Å². The molecular weight excluding hydrogens is 358 g/mol. The Morgan fingerprint density at radius 3 is 2.68 bits per heavy atom. The second-order valence-electron chi connectivity index (χ2n) is 7.05. The molecule has 0 bridgehead atoms. The molecule has 2 saturated heterocycles. The van der Waals surface area contributed by atoms with Crippen LogP contribution in [0.3, 0.4) is 0 Å². The van der Waals surface area contributed by atoms with Crippen LogP contribution < -0.4 is 10.2 Å². The van der Waals surface area contributed by atoms with E-state index in [-0.39, 0.29) is 0 Å². The van der Waals surface area contributed by atoms with Gasteiger partial charge in [0.15, 0.2) is 5.82 Å². The van der Waals surface area contributed by atoms with Gasteiger partial charge in [-0.1, -0.05) is 12.1 Å². The summed E-state index contributed by atoms with van der Waals surface area (Å²) in [5.74, 6) is 1.94. The van der Waals surface area contributed by atoms with Crippen LogP contribution in [0.4, 0.5) is 11.9 Å². The fourth-order valence-corrected chi connectivity index (χ4v) is 3.64. The zero-order valence-electron chi connectivity index (χ0n) is 15.6. The Hall–Kier alpha value is -2.78. The minimum absolute atomic E-state index is 0.311. The van der Waals surface area contributed by atoms with E-state index in [1.54, 1.807) is 0 Å². The Labute approximate surface area is 162 Å². The van der Waals surface area contributed by atoms with Crippen molar-refractivity contribution in [2.75, 3.05) is 49.7 Å². The van der Waals surface area contributed by atoms with Gasteiger partial charge in [-0.3, -0.25) is 5.10 Å². The van der Waals surface area contributed by atoms with Gasteiger partial charge in [0.05, 0.1) is 24.9 Å². The Morgan fingerprint density at radius 1 is 1.00 bits per heavy atom. The zero-order valence-corrected chi connectivity index (χ0v) is 15.6. The zero-order chi connectivity index (χ0) is 18.8. The van der Waals surface area contributed by atoms with E-state index >= 15 is 0 Å². The molecule has 28 heavy (non-hydrogen) atoms. The highest BCUT2D eigenvalue weighted by Crippen LogP contribution is 2.27. The molecule has 0 aliphatic carbocycles. The number of nitrogens with one attached hydrogen (secondary N) is 2. The van der Waals surface area contributed by atoms with Crippen LogP contribution in [0.1, 0.15) is 12.8 Å². The molecule has 3 aromatic rings. The van der Waals surface area contributed by atoms with Crippen LogP contribution in [-0.2, 0) is 9.47 Å². The number of aromatic nitrogens is 5. The quantitative estimate of drug-likeness (QED) is 0.706. The van der Waals surface area contributed by atoms with Crippen molar-refractivity contribution < 1.29 is 9.47 Å². The number of morpholine rings is 1. The normalized spacial score (nSPS) is 18.5. The molecule has 0 spiro atoms. The van der Waals surface area contributed by atoms with E-state index in [2.05, 4.69) is 20.4 Å². The van der Waals surface area contributed by atoms with Gasteiger partial charge in [0, 0.05) is 43.3 Å². The number of nitrogens with zero attached hydrogens (tertiary/aromatic N) is 5. The molecule has 0 radical (unpaired) electrons. The summed E-state index contributed by atoms with van der Waals surface area (Å²) in [6.07, 6.45) is 3.71. The van der Waals surface area contributed by atoms with E-state index in [1.807, 2.05) is 24.4 Å². The van der Waals surface area contributed by atoms with Crippen molar-refractivity contribution in [3.05, 3.63) is 24.4 Å². The van der Waals surface area contributed by atoms with E-state index in [4.69, 9.17) is 24.4 Å². The lowest BCUT2D eigenvalue weighted by Crippen LogP contribution is -2.38. The SMILES string of the molecule is c1cc(-c2nc(NC3CCOCC3)nc(N3CCOCC3)n2)c2cn[nH]c2c1. The van der Waals surface area contributed by atoms with Gasteiger partial charge in [0.25, 0.3) is 0 Å². The highest BCUT2D eigenvalue weighted by Gasteiger charge is 2.20. The average Bonchev–Trinajstić information content (AvgIpc) is 3.24. The molecule has 5 rings (SSSR count). The largest absolute Gasteiger partial charge is 0.381 e. The van der Waals surface area contributed by atoms with Crippen LogP contribution in [0.25, 0.3) is 22.3 Å². The Balaban J connectivity index is 1.55. The minimum atomic E-state index is 0.311. The van der Waals surface area contributed by atoms with Crippen molar-refractivity contribution in [1.82, 2.24) is 25.1 Å². The van der Waals surface area contributed by atoms with Crippen LogP contribution in [0.15, 0.2) is 24.4 Å². The summed E-state index contributed by atoms with van der Waals surface area (Å²) < 4.78 is 10.9. The number of fused-ring (bicyclic) bond motifs is 1. The Morgan fingerprint density at radius 2 is 1.82 bits per heavy atom. The van der Waals surface area contributed by atoms with E-state index in [0.717, 1.165) is 55.6 Å². The van der Waals surface area contributed by atoms with Gasteiger partial charge < -0.3 is 19.7 Å². The first-order chi connectivity index (χ1) is 13.9. The summed E-state index contributed by atoms with van der Waals surface area (Å²) in [6.45, 7) is 4.44. The summed E-state index contributed by atoms with van der Waals surface area (Å²) >= 11 is 0. The van der Waals surface area contributed by atoms with Crippen molar-refractivity contribution in [1.29, 1.82) is 0 Å². The summed E-state index contributed by atoms with van der Waals surface area (Å²) in [5.41, 5.74) is 1.91. The number of aromatic amines is 1. The number of H-pyrrole nitrogens is 1. The van der Waals surface area contributed by atoms with Gasteiger partial charge in [0.1, 0.15) is 0 Å². The predicted molar refractivity (Wildman–Crippen MR) is 105 cm³/mol. The third-order valence-electron chi connectivity index (χ3n) is 5.20. The summed E-state index contributed by atoms with van der Waals surface area (Å²) in [5, 5.41) is 11.7. The fourth-order valence-electron chi connectivity index (χ4n) is 3.64. The molecule has 146 valence electrons. The predicted octanol–water partition coefficient (Wildman–Crippen LogP) is 1.84. The fraction of sp³-hybridized carbons (Fsp3) is 0.474. The molecular formula is C19H23N7O2. The number of rotatable bonds is 4. The smallest absolute Gasteiger partial charge is 0.230 e. The van der Waals surface area contributed by atoms with Gasteiger partial charge in [-0.05, 0) is 18.9 Å². The molecule has 9 heteroatoms. The summed E-state index contributed by atoms with van der Waals surface area (Å²) in [6, 6.07) is 6.32. The van der Waals surface area contributed by atoms with E-state index < -0.39 is 0 Å². The molecule has 9 nitrogen and oxygen atoms in total. The van der Waals surface area contributed by atoms with Crippen LogP contribution in [0, 0.1) is 0 Å². The third-order valence-corrected chi connectivity index (χ3v) is 5.20. The topological polar surface area (TPSA) is 101 Å². The van der Waals surface area contributed by atoms with Crippen molar-refractivity contribution in [2.24, 2.45) is 0 Å². The first-order valence-electron chi connectivity index (χ1n) is 9.72. The van der Waals surface area contributed by atoms with Crippen LogP contribution >= 0.6 is 0 Å². The van der Waals surface area contributed by atoms with Crippen molar-refractivity contribution in [2.45, 2.75) is 18.9 Å². The second-order valence-corrected chi connectivity index (χ2v) is 7.05. The first kappa shape index (κ1) is 17.3. The van der Waals surface area contributed by atoms with E-state index in [9.17, 15) is 0 Å². The highest BCUT2D eigenvalue weighted by molar-refractivity contribution is 5.92. The lowest BCUT2D eigenvalue weighted by atomic mass is 10.1. The first-order valence-corrected chi connectivity index (χ1v) is 9.72. The second kappa shape index (κ2) is 7.69. The molecule has 0 amide bonds. The summed E-state index contributed by atoms with van der Waals surface area (Å²) in [7, 11) is 0. The monoisotopic (exact) mass is 381 g/mol. The number of anilines is 2. The molecule has 2 aromatic heterocycles. The standard InChI is InChI=1S/C19H23N7O2/c1-2-14(15-12-20-25-16(15)3-1)17-22-18(21-13-4-8-27-9-5-13)24-19(23-17)26-6-10-28-11-7-26/h1-3,12-13H,4-11H2,(H,20,25)(H,21,22,23,24). The van der Waals surface area contributed by atoms with E-state index in [1.165, 1.54) is 0 Å². The molecule has 2 fully saturated rings. The average molecular weight is 381 g/mol. The number of ether oxygens (including phenoxy) is 2. The maximum absolute atomic E-state index is 5.48. The van der Waals surface area contributed by atoms with Gasteiger partial charge in [-0.15, -0.1) is 0 Å². The molecule has 0 atom stereocenters. The highest BCUT2D eigenvalue weighted by atomic mass is 16.5. The number of hydrogen-bond acceptors (Lipinski definition) is 8. The molecule has 2 aliphatic heterocycles. The van der Waals surface area contributed by atoms with Gasteiger partial charge in [-0.25, -0.2) is 0 Å². The molecule has 2 N–H and O–H groups in total. The maximum atomic E-state index is 5.48. The molecule has 0 saturated carbocycles. The van der Waals surface area contributed by atoms with E-state index in [0.29, 0.717) is 37.0 Å². The Bertz CT molecular complexity index is 948. The molecule has 4 heterocycles.